The summed E-state index contributed by atoms with van der Waals surface area (Å²) in [5.41, 5.74) is 13.3. The summed E-state index contributed by atoms with van der Waals surface area (Å²) in [6.07, 6.45) is 0. The van der Waals surface area contributed by atoms with Crippen LogP contribution in [0.2, 0.25) is 0 Å². The lowest BCUT2D eigenvalue weighted by atomic mass is 10.0. The third-order valence-electron chi connectivity index (χ3n) is 3.96. The topological polar surface area (TPSA) is 61.1 Å². The van der Waals surface area contributed by atoms with Gasteiger partial charge in [0.25, 0.3) is 0 Å². The third-order valence-corrected chi connectivity index (χ3v) is 3.96. The molecule has 4 nitrogen and oxygen atoms in total. The average molecular weight is 326 g/mol. The fourth-order valence-corrected chi connectivity index (χ4v) is 2.75. The minimum Gasteiger partial charge on any atom is -0.276 e. The first-order chi connectivity index (χ1) is 12.3. The molecule has 0 aromatic heterocycles. The van der Waals surface area contributed by atoms with E-state index in [1.807, 2.05) is 67.6 Å². The molecular formula is C21H18N4. The molecule has 0 spiro atoms. The van der Waals surface area contributed by atoms with Gasteiger partial charge in [-0.05, 0) is 18.0 Å². The van der Waals surface area contributed by atoms with Crippen molar-refractivity contribution in [1.29, 1.82) is 0 Å². The van der Waals surface area contributed by atoms with Gasteiger partial charge in [0.15, 0.2) is 0 Å². The largest absolute Gasteiger partial charge is 0.276 e. The van der Waals surface area contributed by atoms with Gasteiger partial charge in [-0.25, -0.2) is 0 Å². The molecule has 0 fully saturated rings. The van der Waals surface area contributed by atoms with Crippen molar-refractivity contribution < 1.29 is 0 Å². The van der Waals surface area contributed by atoms with Crippen molar-refractivity contribution in [3.8, 4) is 0 Å². The van der Waals surface area contributed by atoms with Gasteiger partial charge in [0.1, 0.15) is 0 Å². The number of hydrogen-bond donors (Lipinski definition) is 0. The van der Waals surface area contributed by atoms with Gasteiger partial charge in [-0.2, -0.15) is 0 Å². The maximum absolute atomic E-state index is 8.79. The molecule has 0 unspecified atom stereocenters. The van der Waals surface area contributed by atoms with Crippen LogP contribution in [0.4, 0.5) is 5.69 Å². The van der Waals surface area contributed by atoms with E-state index in [0.717, 1.165) is 22.4 Å². The van der Waals surface area contributed by atoms with E-state index in [2.05, 4.69) is 34.3 Å². The minimum atomic E-state index is -0.142. The van der Waals surface area contributed by atoms with Gasteiger partial charge >= 0.3 is 0 Å². The monoisotopic (exact) mass is 326 g/mol. The number of nitrogens with zero attached hydrogens (tertiary/aromatic N) is 4. The van der Waals surface area contributed by atoms with E-state index in [0.29, 0.717) is 5.69 Å². The Morgan fingerprint density at radius 1 is 0.800 bits per heavy atom. The summed E-state index contributed by atoms with van der Waals surface area (Å²) in [7, 11) is 0. The Morgan fingerprint density at radius 3 is 1.88 bits per heavy atom. The fraction of sp³-hybridized carbons (Fsp3) is 0.0952. The summed E-state index contributed by atoms with van der Waals surface area (Å²) < 4.78 is 0. The standard InChI is InChI=1S/C21H18N4/c1-16(19-14-8-9-15-20(19)24-25-22)23-21(17-10-4-2-5-11-17)18-12-6-3-7-13-18/h2-16H,1H3/t16-/m0/s1. The van der Waals surface area contributed by atoms with Crippen molar-refractivity contribution in [2.24, 2.45) is 10.1 Å². The summed E-state index contributed by atoms with van der Waals surface area (Å²) in [6.45, 7) is 2.01. The maximum Gasteiger partial charge on any atom is 0.0733 e. The average Bonchev–Trinajstić information content (AvgIpc) is 2.68. The fourth-order valence-electron chi connectivity index (χ4n) is 2.75. The third kappa shape index (κ3) is 3.94. The highest BCUT2D eigenvalue weighted by atomic mass is 15.1. The molecule has 0 aliphatic rings. The Hall–Kier alpha value is -3.36. The van der Waals surface area contributed by atoms with E-state index >= 15 is 0 Å². The van der Waals surface area contributed by atoms with E-state index in [1.165, 1.54) is 0 Å². The van der Waals surface area contributed by atoms with Crippen molar-refractivity contribution in [3.63, 3.8) is 0 Å². The van der Waals surface area contributed by atoms with Gasteiger partial charge in [-0.3, -0.25) is 4.99 Å². The van der Waals surface area contributed by atoms with Gasteiger partial charge < -0.3 is 0 Å². The Morgan fingerprint density at radius 2 is 1.32 bits per heavy atom. The van der Waals surface area contributed by atoms with E-state index < -0.39 is 0 Å². The summed E-state index contributed by atoms with van der Waals surface area (Å²) in [5.74, 6) is 0. The first-order valence-electron chi connectivity index (χ1n) is 8.12. The highest BCUT2D eigenvalue weighted by Gasteiger charge is 2.12. The van der Waals surface area contributed by atoms with Crippen LogP contribution in [0, 0.1) is 0 Å². The molecule has 4 heteroatoms. The second-order valence-corrected chi connectivity index (χ2v) is 5.63. The molecular weight excluding hydrogens is 308 g/mol. The van der Waals surface area contributed by atoms with Crippen molar-refractivity contribution >= 4 is 11.4 Å². The quantitative estimate of drug-likeness (QED) is 0.231. The summed E-state index contributed by atoms with van der Waals surface area (Å²) in [6, 6.07) is 27.6. The highest BCUT2D eigenvalue weighted by Crippen LogP contribution is 2.29. The number of azide groups is 1. The van der Waals surface area contributed by atoms with Crippen LogP contribution >= 0.6 is 0 Å². The molecule has 0 saturated heterocycles. The number of benzene rings is 3. The second-order valence-electron chi connectivity index (χ2n) is 5.63. The van der Waals surface area contributed by atoms with Crippen LogP contribution < -0.4 is 0 Å². The molecule has 0 aliphatic carbocycles. The van der Waals surface area contributed by atoms with Crippen LogP contribution in [-0.4, -0.2) is 5.71 Å². The predicted molar refractivity (Wildman–Crippen MR) is 102 cm³/mol. The molecule has 3 aromatic rings. The highest BCUT2D eigenvalue weighted by molar-refractivity contribution is 6.13. The maximum atomic E-state index is 8.79. The minimum absolute atomic E-state index is 0.142. The summed E-state index contributed by atoms with van der Waals surface area (Å²) in [4.78, 5) is 7.88. The lowest BCUT2D eigenvalue weighted by Crippen LogP contribution is -2.05. The molecule has 3 aromatic carbocycles. The molecule has 122 valence electrons. The number of aliphatic imine (C=N–C) groups is 1. The van der Waals surface area contributed by atoms with Crippen LogP contribution in [0.1, 0.15) is 29.7 Å². The van der Waals surface area contributed by atoms with Gasteiger partial charge in [0, 0.05) is 21.7 Å². The molecule has 0 aliphatic heterocycles. The molecule has 0 bridgehead atoms. The van der Waals surface area contributed by atoms with Crippen molar-refractivity contribution in [1.82, 2.24) is 0 Å². The van der Waals surface area contributed by atoms with Crippen molar-refractivity contribution in [3.05, 3.63) is 112 Å². The Balaban J connectivity index is 2.09. The zero-order valence-corrected chi connectivity index (χ0v) is 13.9. The van der Waals surface area contributed by atoms with Crippen LogP contribution in [-0.2, 0) is 0 Å². The van der Waals surface area contributed by atoms with E-state index in [4.69, 9.17) is 10.5 Å². The molecule has 1 atom stereocenters. The lowest BCUT2D eigenvalue weighted by molar-refractivity contribution is 0.821. The predicted octanol–water partition coefficient (Wildman–Crippen LogP) is 6.23. The van der Waals surface area contributed by atoms with Crippen molar-refractivity contribution in [2.45, 2.75) is 13.0 Å². The van der Waals surface area contributed by atoms with Gasteiger partial charge in [0.2, 0.25) is 0 Å². The number of hydrogen-bond acceptors (Lipinski definition) is 2. The SMILES string of the molecule is C[C@H](N=C(c1ccccc1)c1ccccc1)c1ccccc1N=[N+]=[N-]. The van der Waals surface area contributed by atoms with Gasteiger partial charge in [-0.15, -0.1) is 0 Å². The number of rotatable bonds is 5. The van der Waals surface area contributed by atoms with Crippen LogP contribution in [0.15, 0.2) is 95.0 Å². The van der Waals surface area contributed by atoms with E-state index in [1.54, 1.807) is 0 Å². The Bertz CT molecular complexity index is 869. The summed E-state index contributed by atoms with van der Waals surface area (Å²) >= 11 is 0. The molecule has 0 heterocycles. The molecule has 0 radical (unpaired) electrons. The zero-order chi connectivity index (χ0) is 17.5. The van der Waals surface area contributed by atoms with Crippen LogP contribution in [0.3, 0.4) is 0 Å². The normalized spacial score (nSPS) is 11.2. The van der Waals surface area contributed by atoms with E-state index in [9.17, 15) is 0 Å². The Kier molecular flexibility index (Phi) is 5.25. The first kappa shape index (κ1) is 16.5. The van der Waals surface area contributed by atoms with Crippen LogP contribution in [0.5, 0.6) is 0 Å². The molecule has 0 amide bonds. The van der Waals surface area contributed by atoms with Crippen LogP contribution in [0.25, 0.3) is 10.4 Å². The molecule has 3 rings (SSSR count). The smallest absolute Gasteiger partial charge is 0.0733 e. The lowest BCUT2D eigenvalue weighted by Gasteiger charge is -2.14. The van der Waals surface area contributed by atoms with Crippen molar-refractivity contribution in [2.75, 3.05) is 0 Å². The Labute approximate surface area is 147 Å². The molecule has 0 N–H and O–H groups in total. The molecule has 25 heavy (non-hydrogen) atoms. The first-order valence-corrected chi connectivity index (χ1v) is 8.12. The molecule has 0 saturated carbocycles. The second kappa shape index (κ2) is 7.95. The summed E-state index contributed by atoms with van der Waals surface area (Å²) in [5, 5.41) is 3.79. The van der Waals surface area contributed by atoms with Gasteiger partial charge in [-0.1, -0.05) is 90.0 Å². The van der Waals surface area contributed by atoms with E-state index in [-0.39, 0.29) is 6.04 Å². The van der Waals surface area contributed by atoms with Gasteiger partial charge in [0.05, 0.1) is 11.8 Å². The zero-order valence-electron chi connectivity index (χ0n) is 13.9.